The minimum atomic E-state index is -3.20. The number of nitrogens with zero attached hydrogens (tertiary/aromatic N) is 3. The van der Waals surface area contributed by atoms with E-state index in [2.05, 4.69) is 4.98 Å². The van der Waals surface area contributed by atoms with Crippen LogP contribution in [-0.2, 0) is 17.2 Å². The summed E-state index contributed by atoms with van der Waals surface area (Å²) in [5.41, 5.74) is 3.08. The molecule has 1 unspecified atom stereocenters. The highest BCUT2D eigenvalue weighted by Crippen LogP contribution is 2.45. The predicted octanol–water partition coefficient (Wildman–Crippen LogP) is -0.858. The van der Waals surface area contributed by atoms with E-state index in [1.807, 2.05) is 0 Å². The van der Waals surface area contributed by atoms with E-state index in [1.54, 1.807) is 31.2 Å². The molecule has 0 spiro atoms. The number of aryl methyl sites for hydroxylation is 1. The van der Waals surface area contributed by atoms with Gasteiger partial charge in [0, 0.05) is 17.7 Å². The average Bonchev–Trinajstić information content (AvgIpc) is 2.95. The smallest absolute Gasteiger partial charge is 0.353 e. The second-order valence-electron chi connectivity index (χ2n) is 7.94. The van der Waals surface area contributed by atoms with Gasteiger partial charge in [-0.25, -0.2) is 14.3 Å². The van der Waals surface area contributed by atoms with Crippen LogP contribution in [0.15, 0.2) is 35.3 Å². The van der Waals surface area contributed by atoms with Crippen LogP contribution in [0.5, 0.6) is 0 Å². The maximum absolute atomic E-state index is 13.3. The molecular formula is C20H27FN4O7. The normalized spacial score (nSPS) is 28.9. The molecule has 1 aromatic heterocycles. The molecule has 1 aromatic carbocycles. The largest absolute Gasteiger partial charge is 0.394 e. The lowest BCUT2D eigenvalue weighted by molar-refractivity contribution is -0.413. The lowest BCUT2D eigenvalue weighted by Crippen LogP contribution is -2.68. The summed E-state index contributed by atoms with van der Waals surface area (Å²) in [5.74, 6) is -4.52. The van der Waals surface area contributed by atoms with Crippen molar-refractivity contribution in [2.45, 2.75) is 50.2 Å². The number of aliphatic hydroxyl groups excluding tert-OH is 2. The summed E-state index contributed by atoms with van der Waals surface area (Å²) in [6, 6.07) is 6.80. The number of anilines is 1. The van der Waals surface area contributed by atoms with E-state index in [9.17, 15) is 34.8 Å². The molecule has 32 heavy (non-hydrogen) atoms. The number of benzene rings is 1. The molecule has 1 saturated heterocycles. The number of aromatic nitrogens is 2. The molecular weight excluding hydrogens is 427 g/mol. The molecule has 12 heteroatoms. The van der Waals surface area contributed by atoms with Gasteiger partial charge in [0.2, 0.25) is 5.72 Å². The number of hydrogen-bond donors (Lipinski definition) is 6. The fraction of sp³-hybridized carbons (Fsp3) is 0.500. The predicted molar refractivity (Wildman–Crippen MR) is 109 cm³/mol. The molecule has 11 nitrogen and oxygen atoms in total. The topological polar surface area (TPSA) is 175 Å². The summed E-state index contributed by atoms with van der Waals surface area (Å²) in [5, 5.41) is 54.1. The Hall–Kier alpha value is -2.45. The third-order valence-corrected chi connectivity index (χ3v) is 5.66. The van der Waals surface area contributed by atoms with Gasteiger partial charge in [-0.05, 0) is 12.5 Å². The summed E-state index contributed by atoms with van der Waals surface area (Å²) in [6.45, 7) is 1.09. The third-order valence-electron chi connectivity index (χ3n) is 5.66. The first-order valence-electron chi connectivity index (χ1n) is 9.88. The number of hydrogen-bond acceptors (Lipinski definition) is 10. The first-order valence-corrected chi connectivity index (χ1v) is 9.88. The minimum absolute atomic E-state index is 0.0246. The van der Waals surface area contributed by atoms with Crippen LogP contribution in [0.25, 0.3) is 0 Å². The lowest BCUT2D eigenvalue weighted by Gasteiger charge is -2.42. The quantitative estimate of drug-likeness (QED) is 0.228. The Bertz CT molecular complexity index is 1040. The molecule has 2 aromatic rings. The summed E-state index contributed by atoms with van der Waals surface area (Å²) < 4.78 is 18.9. The van der Waals surface area contributed by atoms with Gasteiger partial charge in [-0.15, -0.1) is 5.06 Å². The van der Waals surface area contributed by atoms with Crippen molar-refractivity contribution >= 4 is 5.82 Å². The summed E-state index contributed by atoms with van der Waals surface area (Å²) in [7, 11) is 0. The van der Waals surface area contributed by atoms with Crippen molar-refractivity contribution in [2.75, 3.05) is 19.0 Å². The van der Waals surface area contributed by atoms with Crippen LogP contribution >= 0.6 is 0 Å². The number of nitrogens with two attached hydrogens (primary N) is 1. The zero-order chi connectivity index (χ0) is 23.8. The Balaban J connectivity index is 2.17. The SMILES string of the molecule is Cc1cccc(CN(O)[C@@]2(O)[C@H](O)[C@@H](CO)O[C@]2(O)n2c(N)c(C(C)CF)cnc2=O)c1. The molecule has 0 saturated carbocycles. The number of aliphatic hydroxyl groups is 4. The molecule has 3 rings (SSSR count). The zero-order valence-corrected chi connectivity index (χ0v) is 17.6. The number of alkyl halides is 1. The van der Waals surface area contributed by atoms with Gasteiger partial charge in [0.25, 0.3) is 0 Å². The van der Waals surface area contributed by atoms with Crippen molar-refractivity contribution in [2.24, 2.45) is 0 Å². The van der Waals surface area contributed by atoms with Crippen LogP contribution in [0, 0.1) is 6.92 Å². The number of ether oxygens (including phenoxy) is 1. The van der Waals surface area contributed by atoms with E-state index in [-0.39, 0.29) is 10.6 Å². The van der Waals surface area contributed by atoms with Gasteiger partial charge in [-0.1, -0.05) is 36.8 Å². The molecule has 7 N–H and O–H groups in total. The van der Waals surface area contributed by atoms with Crippen molar-refractivity contribution in [1.82, 2.24) is 14.6 Å². The molecule has 2 heterocycles. The van der Waals surface area contributed by atoms with Crippen LogP contribution in [0.3, 0.4) is 0 Å². The number of hydroxylamine groups is 2. The van der Waals surface area contributed by atoms with Gasteiger partial charge in [0.05, 0.1) is 19.8 Å². The van der Waals surface area contributed by atoms with E-state index in [0.29, 0.717) is 10.1 Å². The van der Waals surface area contributed by atoms with Crippen LogP contribution < -0.4 is 11.4 Å². The number of nitrogen functional groups attached to an aromatic ring is 1. The second-order valence-corrected chi connectivity index (χ2v) is 7.94. The second kappa shape index (κ2) is 8.83. The standard InChI is InChI=1S/C20H27FN4O7/c1-11-4-3-5-13(6-11)9-24(31)19(29)16(27)15(10-26)32-20(19,30)25-17(22)14(12(2)7-21)8-23-18(25)28/h3-6,8,12,15-16,26-27,29-31H,7,9-10,22H2,1-2H3/t12?,15-,16-,19-,20+/m1/s1. The maximum atomic E-state index is 13.3. The first kappa shape index (κ1) is 24.2. The Morgan fingerprint density at radius 3 is 2.69 bits per heavy atom. The fourth-order valence-corrected chi connectivity index (χ4v) is 3.83. The molecule has 0 amide bonds. The van der Waals surface area contributed by atoms with E-state index in [4.69, 9.17) is 10.5 Å². The van der Waals surface area contributed by atoms with Gasteiger partial charge in [0.15, 0.2) is 0 Å². The zero-order valence-electron chi connectivity index (χ0n) is 17.6. The molecule has 1 fully saturated rings. The van der Waals surface area contributed by atoms with Crippen molar-refractivity contribution in [1.29, 1.82) is 0 Å². The number of halogens is 1. The van der Waals surface area contributed by atoms with Gasteiger partial charge >= 0.3 is 11.6 Å². The van der Waals surface area contributed by atoms with Crippen molar-refractivity contribution in [3.05, 3.63) is 57.6 Å². The van der Waals surface area contributed by atoms with E-state index in [1.165, 1.54) is 6.92 Å². The Labute approximate surface area is 182 Å². The van der Waals surface area contributed by atoms with Crippen molar-refractivity contribution < 1.29 is 34.8 Å². The monoisotopic (exact) mass is 454 g/mol. The van der Waals surface area contributed by atoms with Crippen molar-refractivity contribution in [3.63, 3.8) is 0 Å². The van der Waals surface area contributed by atoms with Gasteiger partial charge < -0.3 is 36.1 Å². The van der Waals surface area contributed by atoms with Gasteiger partial charge in [-0.2, -0.15) is 0 Å². The Morgan fingerprint density at radius 1 is 1.41 bits per heavy atom. The maximum Gasteiger partial charge on any atom is 0.353 e. The van der Waals surface area contributed by atoms with Gasteiger partial charge in [-0.3, -0.25) is 4.39 Å². The van der Waals surface area contributed by atoms with E-state index in [0.717, 1.165) is 11.8 Å². The van der Waals surface area contributed by atoms with E-state index < -0.39 is 61.1 Å². The fourth-order valence-electron chi connectivity index (χ4n) is 3.83. The number of rotatable bonds is 7. The summed E-state index contributed by atoms with van der Waals surface area (Å²) in [6.07, 6.45) is -2.69. The molecule has 0 bridgehead atoms. The Kier molecular flexibility index (Phi) is 6.67. The third kappa shape index (κ3) is 3.69. The Morgan fingerprint density at radius 2 is 2.09 bits per heavy atom. The first-order chi connectivity index (χ1) is 15.0. The average molecular weight is 454 g/mol. The highest BCUT2D eigenvalue weighted by molar-refractivity contribution is 5.42. The molecule has 1 aliphatic heterocycles. The van der Waals surface area contributed by atoms with Crippen molar-refractivity contribution in [3.8, 4) is 0 Å². The van der Waals surface area contributed by atoms with Crippen LogP contribution in [0.2, 0.25) is 0 Å². The molecule has 5 atom stereocenters. The van der Waals surface area contributed by atoms with Crippen LogP contribution in [0.4, 0.5) is 10.2 Å². The summed E-state index contributed by atoms with van der Waals surface area (Å²) >= 11 is 0. The molecule has 0 radical (unpaired) electrons. The minimum Gasteiger partial charge on any atom is -0.394 e. The molecule has 176 valence electrons. The van der Waals surface area contributed by atoms with Gasteiger partial charge in [0.1, 0.15) is 18.0 Å². The van der Waals surface area contributed by atoms with E-state index >= 15 is 0 Å². The highest BCUT2D eigenvalue weighted by Gasteiger charge is 2.70. The molecule has 1 aliphatic rings. The lowest BCUT2D eigenvalue weighted by atomic mass is 9.99. The molecule has 0 aliphatic carbocycles. The summed E-state index contributed by atoms with van der Waals surface area (Å²) in [4.78, 5) is 16.2. The van der Waals surface area contributed by atoms with Crippen LogP contribution in [0.1, 0.15) is 29.5 Å². The highest BCUT2D eigenvalue weighted by atomic mass is 19.1. The van der Waals surface area contributed by atoms with Crippen LogP contribution in [-0.4, -0.2) is 71.5 Å².